The second kappa shape index (κ2) is 8.13. The second-order valence-electron chi connectivity index (χ2n) is 6.38. The Kier molecular flexibility index (Phi) is 6.17. The molecule has 1 aromatic carbocycles. The van der Waals surface area contributed by atoms with Crippen molar-refractivity contribution in [2.45, 2.75) is 33.2 Å². The van der Waals surface area contributed by atoms with Crippen molar-refractivity contribution in [3.8, 4) is 0 Å². The molecule has 1 aromatic rings. The number of para-hydroxylation sites is 1. The molecule has 132 valence electrons. The highest BCUT2D eigenvalue weighted by atomic mass is 19.1. The van der Waals surface area contributed by atoms with E-state index in [9.17, 15) is 14.0 Å². The van der Waals surface area contributed by atoms with Crippen LogP contribution in [-0.4, -0.2) is 60.4 Å². The van der Waals surface area contributed by atoms with E-state index in [1.807, 2.05) is 24.8 Å². The molecule has 24 heavy (non-hydrogen) atoms. The van der Waals surface area contributed by atoms with Crippen LogP contribution in [0.15, 0.2) is 24.3 Å². The minimum Gasteiger partial charge on any atom is -0.366 e. The summed E-state index contributed by atoms with van der Waals surface area (Å²) >= 11 is 0. The van der Waals surface area contributed by atoms with Crippen molar-refractivity contribution in [1.82, 2.24) is 9.80 Å². The van der Waals surface area contributed by atoms with E-state index in [0.29, 0.717) is 44.8 Å². The van der Waals surface area contributed by atoms with Gasteiger partial charge in [-0.1, -0.05) is 12.1 Å². The third-order valence-corrected chi connectivity index (χ3v) is 4.42. The number of hydrogen-bond donors (Lipinski definition) is 0. The molecule has 2 amide bonds. The average Bonchev–Trinajstić information content (AvgIpc) is 2.55. The van der Waals surface area contributed by atoms with Gasteiger partial charge in [0, 0.05) is 52.1 Å². The molecular formula is C18H26FN3O2. The van der Waals surface area contributed by atoms with E-state index in [-0.39, 0.29) is 23.7 Å². The maximum absolute atomic E-state index is 13.8. The fourth-order valence-electron chi connectivity index (χ4n) is 3.06. The highest BCUT2D eigenvalue weighted by Gasteiger charge is 2.23. The van der Waals surface area contributed by atoms with Gasteiger partial charge in [0.2, 0.25) is 11.8 Å². The monoisotopic (exact) mass is 335 g/mol. The average molecular weight is 335 g/mol. The van der Waals surface area contributed by atoms with Crippen LogP contribution in [-0.2, 0) is 9.59 Å². The summed E-state index contributed by atoms with van der Waals surface area (Å²) in [5.41, 5.74) is 0.590. The zero-order chi connectivity index (χ0) is 17.7. The van der Waals surface area contributed by atoms with Gasteiger partial charge in [0.05, 0.1) is 5.69 Å². The summed E-state index contributed by atoms with van der Waals surface area (Å²) in [4.78, 5) is 29.4. The van der Waals surface area contributed by atoms with Gasteiger partial charge in [0.25, 0.3) is 0 Å². The number of hydrogen-bond acceptors (Lipinski definition) is 3. The molecule has 0 bridgehead atoms. The molecule has 0 aromatic heterocycles. The Balaban J connectivity index is 1.85. The van der Waals surface area contributed by atoms with Gasteiger partial charge >= 0.3 is 0 Å². The van der Waals surface area contributed by atoms with E-state index < -0.39 is 0 Å². The predicted octanol–water partition coefficient (Wildman–Crippen LogP) is 2.12. The lowest BCUT2D eigenvalue weighted by Crippen LogP contribution is -2.49. The lowest BCUT2D eigenvalue weighted by atomic mass is 10.2. The van der Waals surface area contributed by atoms with Gasteiger partial charge in [-0.25, -0.2) is 4.39 Å². The number of amides is 2. The first-order valence-electron chi connectivity index (χ1n) is 8.44. The smallest absolute Gasteiger partial charge is 0.224 e. The lowest BCUT2D eigenvalue weighted by Gasteiger charge is -2.36. The molecule has 0 radical (unpaired) electrons. The Morgan fingerprint density at radius 3 is 2.33 bits per heavy atom. The molecule has 1 fully saturated rings. The van der Waals surface area contributed by atoms with Crippen LogP contribution in [0, 0.1) is 5.82 Å². The Bertz CT molecular complexity index is 583. The maximum Gasteiger partial charge on any atom is 0.224 e. The molecule has 0 atom stereocenters. The Labute approximate surface area is 143 Å². The number of piperazine rings is 1. The minimum atomic E-state index is -0.230. The predicted molar refractivity (Wildman–Crippen MR) is 92.3 cm³/mol. The molecular weight excluding hydrogens is 309 g/mol. The standard InChI is InChI=1S/C18H26FN3O2/c1-14(2)22(15(3)23)9-8-18(24)21-12-10-20(11-13-21)17-7-5-4-6-16(17)19/h4-7,14H,8-13H2,1-3H3. The van der Waals surface area contributed by atoms with Gasteiger partial charge in [-0.3, -0.25) is 9.59 Å². The molecule has 6 heteroatoms. The summed E-state index contributed by atoms with van der Waals surface area (Å²) in [6, 6.07) is 6.80. The minimum absolute atomic E-state index is 0.0119. The number of carbonyl (C=O) groups is 2. The van der Waals surface area contributed by atoms with E-state index in [2.05, 4.69) is 0 Å². The molecule has 1 aliphatic heterocycles. The number of nitrogens with zero attached hydrogens (tertiary/aromatic N) is 3. The summed E-state index contributed by atoms with van der Waals surface area (Å²) in [7, 11) is 0. The fraction of sp³-hybridized carbons (Fsp3) is 0.556. The van der Waals surface area contributed by atoms with Crippen molar-refractivity contribution in [2.24, 2.45) is 0 Å². The lowest BCUT2D eigenvalue weighted by molar-refractivity contribution is -0.134. The molecule has 0 aliphatic carbocycles. The van der Waals surface area contributed by atoms with E-state index in [4.69, 9.17) is 0 Å². The summed E-state index contributed by atoms with van der Waals surface area (Å²) < 4.78 is 13.8. The normalized spacial score (nSPS) is 14.9. The van der Waals surface area contributed by atoms with Gasteiger partial charge in [-0.2, -0.15) is 0 Å². The number of anilines is 1. The maximum atomic E-state index is 13.8. The largest absolute Gasteiger partial charge is 0.366 e. The zero-order valence-corrected chi connectivity index (χ0v) is 14.7. The first-order chi connectivity index (χ1) is 11.4. The van der Waals surface area contributed by atoms with Crippen molar-refractivity contribution in [2.75, 3.05) is 37.6 Å². The Hall–Kier alpha value is -2.11. The van der Waals surface area contributed by atoms with Crippen LogP contribution in [0.5, 0.6) is 0 Å². The van der Waals surface area contributed by atoms with Crippen molar-refractivity contribution < 1.29 is 14.0 Å². The zero-order valence-electron chi connectivity index (χ0n) is 14.7. The van der Waals surface area contributed by atoms with Crippen molar-refractivity contribution >= 4 is 17.5 Å². The van der Waals surface area contributed by atoms with Gasteiger partial charge < -0.3 is 14.7 Å². The third kappa shape index (κ3) is 4.46. The number of carbonyl (C=O) groups excluding carboxylic acids is 2. The van der Waals surface area contributed by atoms with Gasteiger partial charge in [0.1, 0.15) is 5.82 Å². The van der Waals surface area contributed by atoms with E-state index in [0.717, 1.165) is 0 Å². The summed E-state index contributed by atoms with van der Waals surface area (Å²) in [5, 5.41) is 0. The van der Waals surface area contributed by atoms with Crippen LogP contribution < -0.4 is 4.90 Å². The molecule has 2 rings (SSSR count). The van der Waals surface area contributed by atoms with E-state index >= 15 is 0 Å². The fourth-order valence-corrected chi connectivity index (χ4v) is 3.06. The Morgan fingerprint density at radius 2 is 1.79 bits per heavy atom. The molecule has 0 saturated carbocycles. The van der Waals surface area contributed by atoms with Crippen LogP contribution >= 0.6 is 0 Å². The van der Waals surface area contributed by atoms with E-state index in [1.54, 1.807) is 21.9 Å². The quantitative estimate of drug-likeness (QED) is 0.828. The molecule has 0 unspecified atom stereocenters. The van der Waals surface area contributed by atoms with Crippen LogP contribution in [0.25, 0.3) is 0 Å². The second-order valence-corrected chi connectivity index (χ2v) is 6.38. The van der Waals surface area contributed by atoms with Crippen molar-refractivity contribution in [3.63, 3.8) is 0 Å². The summed E-state index contributed by atoms with van der Waals surface area (Å²) in [6.07, 6.45) is 0.331. The number of rotatable bonds is 5. The molecule has 1 heterocycles. The van der Waals surface area contributed by atoms with Gasteiger partial charge in [-0.05, 0) is 26.0 Å². The Morgan fingerprint density at radius 1 is 1.17 bits per heavy atom. The molecule has 0 N–H and O–H groups in total. The number of halogens is 1. The van der Waals surface area contributed by atoms with Gasteiger partial charge in [0.15, 0.2) is 0 Å². The first kappa shape index (κ1) is 18.2. The van der Waals surface area contributed by atoms with Crippen molar-refractivity contribution in [1.29, 1.82) is 0 Å². The van der Waals surface area contributed by atoms with E-state index in [1.165, 1.54) is 13.0 Å². The van der Waals surface area contributed by atoms with Crippen LogP contribution in [0.1, 0.15) is 27.2 Å². The summed E-state index contributed by atoms with van der Waals surface area (Å²) in [5.74, 6) is -0.191. The molecule has 5 nitrogen and oxygen atoms in total. The first-order valence-corrected chi connectivity index (χ1v) is 8.44. The third-order valence-electron chi connectivity index (χ3n) is 4.42. The molecule has 1 aliphatic rings. The highest BCUT2D eigenvalue weighted by molar-refractivity contribution is 5.78. The summed E-state index contributed by atoms with van der Waals surface area (Å²) in [6.45, 7) is 8.25. The topological polar surface area (TPSA) is 43.9 Å². The number of benzene rings is 1. The SMILES string of the molecule is CC(=O)N(CCC(=O)N1CCN(c2ccccc2F)CC1)C(C)C. The highest BCUT2D eigenvalue weighted by Crippen LogP contribution is 2.20. The van der Waals surface area contributed by atoms with Crippen molar-refractivity contribution in [3.05, 3.63) is 30.1 Å². The van der Waals surface area contributed by atoms with Crippen LogP contribution in [0.2, 0.25) is 0 Å². The van der Waals surface area contributed by atoms with Gasteiger partial charge in [-0.15, -0.1) is 0 Å². The van der Waals surface area contributed by atoms with Crippen LogP contribution in [0.3, 0.4) is 0 Å². The molecule has 1 saturated heterocycles. The van der Waals surface area contributed by atoms with Crippen LogP contribution in [0.4, 0.5) is 10.1 Å². The molecule has 0 spiro atoms.